The van der Waals surface area contributed by atoms with Gasteiger partial charge in [-0.2, -0.15) is 0 Å². The topological polar surface area (TPSA) is 17.1 Å². The Morgan fingerprint density at radius 3 is 2.84 bits per heavy atom. The van der Waals surface area contributed by atoms with E-state index in [1.807, 2.05) is 24.3 Å². The first-order chi connectivity index (χ1) is 9.34. The van der Waals surface area contributed by atoms with Crippen LogP contribution in [0.3, 0.4) is 0 Å². The molecule has 1 unspecified atom stereocenters. The molecule has 0 bridgehead atoms. The number of ketones is 1. The van der Waals surface area contributed by atoms with Gasteiger partial charge < -0.3 is 0 Å². The summed E-state index contributed by atoms with van der Waals surface area (Å²) in [6.45, 7) is 0. The minimum Gasteiger partial charge on any atom is -0.293 e. The van der Waals surface area contributed by atoms with E-state index in [4.69, 9.17) is 0 Å². The van der Waals surface area contributed by atoms with E-state index in [0.29, 0.717) is 0 Å². The zero-order valence-corrected chi connectivity index (χ0v) is 11.1. The first-order valence-corrected chi connectivity index (χ1v) is 7.31. The van der Waals surface area contributed by atoms with Crippen LogP contribution in [0.4, 0.5) is 0 Å². The second-order valence-corrected chi connectivity index (χ2v) is 5.88. The smallest absolute Gasteiger partial charge is 0.172 e. The minimum atomic E-state index is 0.0592. The molecular formula is C17H12OS. The molecule has 0 fully saturated rings. The van der Waals surface area contributed by atoms with E-state index in [2.05, 4.69) is 29.6 Å². The lowest BCUT2D eigenvalue weighted by molar-refractivity contribution is 0.0951. The maximum absolute atomic E-state index is 12.7. The number of rotatable bonds is 2. The van der Waals surface area contributed by atoms with Crippen LogP contribution in [0.2, 0.25) is 0 Å². The van der Waals surface area contributed by atoms with E-state index in [0.717, 1.165) is 16.7 Å². The Labute approximate surface area is 115 Å². The van der Waals surface area contributed by atoms with Crippen LogP contribution in [0.15, 0.2) is 53.9 Å². The number of carbonyl (C=O) groups excluding carboxylic acids is 1. The van der Waals surface area contributed by atoms with Crippen LogP contribution < -0.4 is 0 Å². The molecule has 1 aliphatic carbocycles. The molecule has 0 aliphatic heterocycles. The van der Waals surface area contributed by atoms with Crippen LogP contribution in [0.25, 0.3) is 10.1 Å². The lowest BCUT2D eigenvalue weighted by Gasteiger charge is -2.28. The Kier molecular flexibility index (Phi) is 2.32. The monoisotopic (exact) mass is 264 g/mol. The van der Waals surface area contributed by atoms with Gasteiger partial charge in [-0.3, -0.25) is 4.79 Å². The van der Waals surface area contributed by atoms with Gasteiger partial charge in [-0.05, 0) is 40.4 Å². The van der Waals surface area contributed by atoms with Gasteiger partial charge in [0.2, 0.25) is 0 Å². The minimum absolute atomic E-state index is 0.0592. The molecule has 4 rings (SSSR count). The summed E-state index contributed by atoms with van der Waals surface area (Å²) in [5.41, 5.74) is 3.41. The van der Waals surface area contributed by atoms with Crippen LogP contribution in [0.1, 0.15) is 27.4 Å². The van der Waals surface area contributed by atoms with E-state index in [1.165, 1.54) is 16.5 Å². The van der Waals surface area contributed by atoms with Crippen LogP contribution >= 0.6 is 11.3 Å². The Morgan fingerprint density at radius 1 is 1.05 bits per heavy atom. The molecular weight excluding hydrogens is 252 g/mol. The predicted octanol–water partition coefficient (Wildman–Crippen LogP) is 4.42. The van der Waals surface area contributed by atoms with Crippen molar-refractivity contribution in [2.45, 2.75) is 12.3 Å². The summed E-state index contributed by atoms with van der Waals surface area (Å²) >= 11 is 1.65. The van der Waals surface area contributed by atoms with Crippen molar-refractivity contribution in [1.29, 1.82) is 0 Å². The van der Waals surface area contributed by atoms with Crippen LogP contribution in [0.5, 0.6) is 0 Å². The molecule has 2 heteroatoms. The van der Waals surface area contributed by atoms with Crippen molar-refractivity contribution in [3.05, 3.63) is 70.6 Å². The first kappa shape index (κ1) is 10.9. The lowest BCUT2D eigenvalue weighted by Crippen LogP contribution is -2.25. The molecule has 0 N–H and O–H groups in total. The zero-order chi connectivity index (χ0) is 12.8. The van der Waals surface area contributed by atoms with E-state index >= 15 is 0 Å². The van der Waals surface area contributed by atoms with Gasteiger partial charge in [0.25, 0.3) is 0 Å². The van der Waals surface area contributed by atoms with Gasteiger partial charge in [-0.15, -0.1) is 11.3 Å². The molecule has 0 radical (unpaired) electrons. The Hall–Kier alpha value is -1.93. The maximum Gasteiger partial charge on any atom is 0.172 e. The molecule has 1 nitrogen and oxygen atoms in total. The number of carbonyl (C=O) groups is 1. The Balaban J connectivity index is 1.78. The lowest BCUT2D eigenvalue weighted by atomic mass is 9.74. The van der Waals surface area contributed by atoms with Crippen molar-refractivity contribution in [3.8, 4) is 0 Å². The third kappa shape index (κ3) is 1.57. The van der Waals surface area contributed by atoms with Crippen molar-refractivity contribution in [2.75, 3.05) is 0 Å². The highest BCUT2D eigenvalue weighted by atomic mass is 32.1. The molecule has 0 saturated heterocycles. The summed E-state index contributed by atoms with van der Waals surface area (Å²) < 4.78 is 1.12. The van der Waals surface area contributed by atoms with Crippen molar-refractivity contribution < 1.29 is 4.79 Å². The zero-order valence-electron chi connectivity index (χ0n) is 10.3. The molecule has 0 saturated carbocycles. The molecule has 19 heavy (non-hydrogen) atoms. The van der Waals surface area contributed by atoms with Crippen molar-refractivity contribution in [1.82, 2.24) is 0 Å². The number of fused-ring (bicyclic) bond motifs is 2. The molecule has 1 heterocycles. The fourth-order valence-corrected chi connectivity index (χ4v) is 3.79. The van der Waals surface area contributed by atoms with Crippen molar-refractivity contribution in [3.63, 3.8) is 0 Å². The van der Waals surface area contributed by atoms with Gasteiger partial charge in [0.1, 0.15) is 0 Å². The maximum atomic E-state index is 12.7. The fourth-order valence-electron chi connectivity index (χ4n) is 2.87. The second-order valence-electron chi connectivity index (χ2n) is 4.96. The summed E-state index contributed by atoms with van der Waals surface area (Å²) in [7, 11) is 0. The van der Waals surface area contributed by atoms with Crippen LogP contribution in [-0.4, -0.2) is 5.78 Å². The van der Waals surface area contributed by atoms with Crippen molar-refractivity contribution in [2.24, 2.45) is 0 Å². The van der Waals surface area contributed by atoms with E-state index in [-0.39, 0.29) is 11.7 Å². The second kappa shape index (κ2) is 4.04. The highest BCUT2D eigenvalue weighted by Gasteiger charge is 2.32. The van der Waals surface area contributed by atoms with Gasteiger partial charge in [0, 0.05) is 10.3 Å². The summed E-state index contributed by atoms with van der Waals surface area (Å²) in [5.74, 6) is 0.329. The van der Waals surface area contributed by atoms with E-state index in [1.54, 1.807) is 11.3 Å². The molecule has 2 aromatic carbocycles. The summed E-state index contributed by atoms with van der Waals surface area (Å²) in [4.78, 5) is 12.7. The molecule has 0 amide bonds. The number of hydrogen-bond acceptors (Lipinski definition) is 2. The Morgan fingerprint density at radius 2 is 1.95 bits per heavy atom. The third-order valence-electron chi connectivity index (χ3n) is 3.92. The van der Waals surface area contributed by atoms with Crippen LogP contribution in [0, 0.1) is 0 Å². The molecule has 1 aromatic heterocycles. The van der Waals surface area contributed by atoms with Gasteiger partial charge in [-0.25, -0.2) is 0 Å². The van der Waals surface area contributed by atoms with E-state index in [9.17, 15) is 4.79 Å². The average molecular weight is 264 g/mol. The number of hydrogen-bond donors (Lipinski definition) is 0. The van der Waals surface area contributed by atoms with Gasteiger partial charge in [0.15, 0.2) is 5.78 Å². The number of Topliss-reactive ketones (excluding diaryl/α,β-unsaturated/α-hetero) is 1. The first-order valence-electron chi connectivity index (χ1n) is 6.43. The SMILES string of the molecule is O=C(c1cccc2ccsc12)C1Cc2ccccc21. The average Bonchev–Trinajstić information content (AvgIpc) is 2.88. The quantitative estimate of drug-likeness (QED) is 0.626. The molecule has 1 aliphatic rings. The number of benzene rings is 2. The summed E-state index contributed by atoms with van der Waals surface area (Å²) in [5, 5.41) is 3.22. The van der Waals surface area contributed by atoms with E-state index < -0.39 is 0 Å². The molecule has 1 atom stereocenters. The summed E-state index contributed by atoms with van der Waals surface area (Å²) in [6, 6.07) is 16.3. The van der Waals surface area contributed by atoms with Gasteiger partial charge >= 0.3 is 0 Å². The van der Waals surface area contributed by atoms with Gasteiger partial charge in [0.05, 0.1) is 5.92 Å². The third-order valence-corrected chi connectivity index (χ3v) is 4.88. The standard InChI is InChI=1S/C17H12OS/c18-16(15-10-12-4-1-2-6-13(12)15)14-7-3-5-11-8-9-19-17(11)14/h1-9,15H,10H2. The number of thiophene rings is 1. The molecule has 0 spiro atoms. The molecule has 92 valence electrons. The largest absolute Gasteiger partial charge is 0.293 e. The Bertz CT molecular complexity index is 785. The van der Waals surface area contributed by atoms with Gasteiger partial charge in [-0.1, -0.05) is 36.4 Å². The van der Waals surface area contributed by atoms with Crippen LogP contribution in [-0.2, 0) is 6.42 Å². The fraction of sp³-hybridized carbons (Fsp3) is 0.118. The normalized spacial score (nSPS) is 16.9. The highest BCUT2D eigenvalue weighted by molar-refractivity contribution is 7.17. The predicted molar refractivity (Wildman–Crippen MR) is 79.0 cm³/mol. The molecule has 3 aromatic rings. The summed E-state index contributed by atoms with van der Waals surface area (Å²) in [6.07, 6.45) is 0.886. The van der Waals surface area contributed by atoms with Crippen molar-refractivity contribution >= 4 is 27.2 Å². The highest BCUT2D eigenvalue weighted by Crippen LogP contribution is 2.39.